The SMILES string of the molecule is Cc1nc(-c2cc(NC(=O)[C@H](C)NC(=O)c3ccccc3)c(C)s2)no1. The lowest BCUT2D eigenvalue weighted by Crippen LogP contribution is -2.41. The molecule has 0 radical (unpaired) electrons. The summed E-state index contributed by atoms with van der Waals surface area (Å²) in [5.74, 6) is 0.375. The van der Waals surface area contributed by atoms with E-state index in [1.807, 2.05) is 13.0 Å². The minimum atomic E-state index is -0.683. The van der Waals surface area contributed by atoms with E-state index < -0.39 is 6.04 Å². The summed E-state index contributed by atoms with van der Waals surface area (Å²) in [6.07, 6.45) is 0. The van der Waals surface area contributed by atoms with E-state index in [0.717, 1.165) is 9.75 Å². The number of thiophene rings is 1. The van der Waals surface area contributed by atoms with Crippen LogP contribution in [0.3, 0.4) is 0 Å². The molecule has 2 amide bonds. The van der Waals surface area contributed by atoms with Gasteiger partial charge < -0.3 is 15.2 Å². The molecule has 134 valence electrons. The first-order chi connectivity index (χ1) is 12.4. The van der Waals surface area contributed by atoms with Gasteiger partial charge in [0.15, 0.2) is 0 Å². The summed E-state index contributed by atoms with van der Waals surface area (Å²) in [6, 6.07) is 9.89. The second-order valence-electron chi connectivity index (χ2n) is 5.77. The van der Waals surface area contributed by atoms with Crippen molar-refractivity contribution in [2.45, 2.75) is 26.8 Å². The second-order valence-corrected chi connectivity index (χ2v) is 7.02. The van der Waals surface area contributed by atoms with E-state index in [1.165, 1.54) is 11.3 Å². The van der Waals surface area contributed by atoms with Crippen LogP contribution in [-0.2, 0) is 4.79 Å². The van der Waals surface area contributed by atoms with Crippen LogP contribution >= 0.6 is 11.3 Å². The smallest absolute Gasteiger partial charge is 0.251 e. The molecule has 0 aliphatic heterocycles. The van der Waals surface area contributed by atoms with Crippen molar-refractivity contribution in [3.63, 3.8) is 0 Å². The highest BCUT2D eigenvalue weighted by atomic mass is 32.1. The van der Waals surface area contributed by atoms with Crippen LogP contribution in [-0.4, -0.2) is 28.0 Å². The Bertz CT molecular complexity index is 933. The summed E-state index contributed by atoms with van der Waals surface area (Å²) in [7, 11) is 0. The monoisotopic (exact) mass is 370 g/mol. The fourth-order valence-corrected chi connectivity index (χ4v) is 3.19. The zero-order valence-electron chi connectivity index (χ0n) is 14.6. The number of hydrogen-bond donors (Lipinski definition) is 2. The lowest BCUT2D eigenvalue weighted by molar-refractivity contribution is -0.117. The van der Waals surface area contributed by atoms with Crippen LogP contribution in [0, 0.1) is 13.8 Å². The highest BCUT2D eigenvalue weighted by Crippen LogP contribution is 2.32. The molecule has 3 rings (SSSR count). The molecule has 0 aliphatic carbocycles. The average molecular weight is 370 g/mol. The molecule has 0 unspecified atom stereocenters. The number of aromatic nitrogens is 2. The molecule has 2 heterocycles. The van der Waals surface area contributed by atoms with Gasteiger partial charge in [0.2, 0.25) is 17.6 Å². The van der Waals surface area contributed by atoms with Gasteiger partial charge in [0.1, 0.15) is 6.04 Å². The molecule has 1 aromatic carbocycles. The van der Waals surface area contributed by atoms with Crippen LogP contribution in [0.4, 0.5) is 5.69 Å². The molecule has 8 heteroatoms. The number of amides is 2. The summed E-state index contributed by atoms with van der Waals surface area (Å²) in [6.45, 7) is 5.25. The number of carbonyl (C=O) groups is 2. The highest BCUT2D eigenvalue weighted by molar-refractivity contribution is 7.16. The lowest BCUT2D eigenvalue weighted by atomic mass is 10.2. The molecular formula is C18H18N4O3S. The van der Waals surface area contributed by atoms with Crippen LogP contribution < -0.4 is 10.6 Å². The Labute approximate surface area is 154 Å². The number of aryl methyl sites for hydroxylation is 2. The van der Waals surface area contributed by atoms with Crippen molar-refractivity contribution in [1.29, 1.82) is 0 Å². The van der Waals surface area contributed by atoms with E-state index in [4.69, 9.17) is 4.52 Å². The molecule has 0 spiro atoms. The van der Waals surface area contributed by atoms with E-state index >= 15 is 0 Å². The largest absolute Gasteiger partial charge is 0.341 e. The molecule has 7 nitrogen and oxygen atoms in total. The molecule has 1 atom stereocenters. The van der Waals surface area contributed by atoms with E-state index in [9.17, 15) is 9.59 Å². The predicted octanol–water partition coefficient (Wildman–Crippen LogP) is 3.17. The fraction of sp³-hybridized carbons (Fsp3) is 0.222. The van der Waals surface area contributed by atoms with Crippen molar-refractivity contribution >= 4 is 28.8 Å². The maximum absolute atomic E-state index is 12.4. The van der Waals surface area contributed by atoms with Crippen LogP contribution in [0.5, 0.6) is 0 Å². The third-order valence-electron chi connectivity index (χ3n) is 3.70. The van der Waals surface area contributed by atoms with E-state index in [-0.39, 0.29) is 11.8 Å². The van der Waals surface area contributed by atoms with Gasteiger partial charge in [-0.15, -0.1) is 11.3 Å². The van der Waals surface area contributed by atoms with Crippen molar-refractivity contribution in [3.05, 3.63) is 52.7 Å². The van der Waals surface area contributed by atoms with Crippen LogP contribution in [0.1, 0.15) is 28.0 Å². The standard InChI is InChI=1S/C18H18N4O3S/c1-10(19-18(24)13-7-5-4-6-8-13)17(23)21-14-9-15(26-11(14)2)16-20-12(3)25-22-16/h4-10H,1-3H3,(H,19,24)(H,21,23)/t10-/m0/s1. The van der Waals surface area contributed by atoms with E-state index in [2.05, 4.69) is 20.8 Å². The molecule has 26 heavy (non-hydrogen) atoms. The van der Waals surface area contributed by atoms with Gasteiger partial charge in [-0.05, 0) is 32.0 Å². The van der Waals surface area contributed by atoms with Crippen LogP contribution in [0.2, 0.25) is 0 Å². The number of hydrogen-bond acceptors (Lipinski definition) is 6. The minimum absolute atomic E-state index is 0.293. The molecule has 0 bridgehead atoms. The van der Waals surface area contributed by atoms with Gasteiger partial charge in [-0.3, -0.25) is 9.59 Å². The summed E-state index contributed by atoms with van der Waals surface area (Å²) in [5, 5.41) is 9.41. The summed E-state index contributed by atoms with van der Waals surface area (Å²) < 4.78 is 4.98. The van der Waals surface area contributed by atoms with Crippen molar-refractivity contribution in [1.82, 2.24) is 15.5 Å². The maximum atomic E-state index is 12.4. The molecular weight excluding hydrogens is 352 g/mol. The van der Waals surface area contributed by atoms with Gasteiger partial charge in [-0.1, -0.05) is 23.4 Å². The van der Waals surface area contributed by atoms with Crippen molar-refractivity contribution < 1.29 is 14.1 Å². The molecule has 0 aliphatic rings. The first kappa shape index (κ1) is 17.8. The Balaban J connectivity index is 1.66. The molecule has 2 N–H and O–H groups in total. The number of benzene rings is 1. The zero-order valence-corrected chi connectivity index (χ0v) is 15.4. The number of carbonyl (C=O) groups excluding carboxylic acids is 2. The van der Waals surface area contributed by atoms with Gasteiger partial charge in [0.25, 0.3) is 5.91 Å². The normalized spacial score (nSPS) is 11.8. The van der Waals surface area contributed by atoms with Crippen molar-refractivity contribution in [2.24, 2.45) is 0 Å². The number of nitrogens with one attached hydrogen (secondary N) is 2. The molecule has 0 saturated heterocycles. The topological polar surface area (TPSA) is 97.1 Å². The van der Waals surface area contributed by atoms with Crippen LogP contribution in [0.15, 0.2) is 40.9 Å². The fourth-order valence-electron chi connectivity index (χ4n) is 2.29. The summed E-state index contributed by atoms with van der Waals surface area (Å²) in [4.78, 5) is 30.5. The zero-order chi connectivity index (χ0) is 18.7. The van der Waals surface area contributed by atoms with Crippen molar-refractivity contribution in [3.8, 4) is 10.7 Å². The third-order valence-corrected chi connectivity index (χ3v) is 4.75. The Morgan fingerprint density at radius 3 is 2.58 bits per heavy atom. The summed E-state index contributed by atoms with van der Waals surface area (Å²) in [5.41, 5.74) is 1.17. The van der Waals surface area contributed by atoms with Gasteiger partial charge in [0.05, 0.1) is 10.6 Å². The molecule has 3 aromatic rings. The van der Waals surface area contributed by atoms with Gasteiger partial charge in [0, 0.05) is 17.4 Å². The summed E-state index contributed by atoms with van der Waals surface area (Å²) >= 11 is 1.46. The second kappa shape index (κ2) is 7.49. The van der Waals surface area contributed by atoms with Crippen molar-refractivity contribution in [2.75, 3.05) is 5.32 Å². The quantitative estimate of drug-likeness (QED) is 0.719. The lowest BCUT2D eigenvalue weighted by Gasteiger charge is -2.14. The van der Waals surface area contributed by atoms with Gasteiger partial charge in [-0.2, -0.15) is 4.98 Å². The van der Waals surface area contributed by atoms with Gasteiger partial charge in [-0.25, -0.2) is 0 Å². The number of anilines is 1. The predicted molar refractivity (Wildman–Crippen MR) is 99.1 cm³/mol. The Kier molecular flexibility index (Phi) is 5.13. The molecule has 2 aromatic heterocycles. The number of nitrogens with zero attached hydrogens (tertiary/aromatic N) is 2. The Morgan fingerprint density at radius 2 is 1.92 bits per heavy atom. The number of rotatable bonds is 5. The molecule has 0 fully saturated rings. The Hall–Kier alpha value is -3.00. The first-order valence-electron chi connectivity index (χ1n) is 8.02. The minimum Gasteiger partial charge on any atom is -0.341 e. The van der Waals surface area contributed by atoms with E-state index in [0.29, 0.717) is 23.0 Å². The third kappa shape index (κ3) is 3.97. The highest BCUT2D eigenvalue weighted by Gasteiger charge is 2.19. The molecule has 0 saturated carbocycles. The van der Waals surface area contributed by atoms with E-state index in [1.54, 1.807) is 44.2 Å². The first-order valence-corrected chi connectivity index (χ1v) is 8.83. The van der Waals surface area contributed by atoms with Gasteiger partial charge >= 0.3 is 0 Å². The Morgan fingerprint density at radius 1 is 1.19 bits per heavy atom. The average Bonchev–Trinajstić information content (AvgIpc) is 3.21. The van der Waals surface area contributed by atoms with Crippen LogP contribution in [0.25, 0.3) is 10.7 Å². The maximum Gasteiger partial charge on any atom is 0.251 e.